The number of aromatic amines is 1. The minimum Gasteiger partial charge on any atom is -0.496 e. The molecule has 1 N–H and O–H groups in total. The summed E-state index contributed by atoms with van der Waals surface area (Å²) < 4.78 is 5.37. The van der Waals surface area contributed by atoms with Crippen LogP contribution >= 0.6 is 0 Å². The smallest absolute Gasteiger partial charge is 0.254 e. The van der Waals surface area contributed by atoms with Gasteiger partial charge in [0.15, 0.2) is 0 Å². The van der Waals surface area contributed by atoms with Crippen molar-refractivity contribution < 1.29 is 4.74 Å². The molecule has 0 bridgehead atoms. The molecule has 0 saturated carbocycles. The van der Waals surface area contributed by atoms with E-state index in [0.29, 0.717) is 5.82 Å². The summed E-state index contributed by atoms with van der Waals surface area (Å²) in [5, 5.41) is 0. The summed E-state index contributed by atoms with van der Waals surface area (Å²) in [5.41, 5.74) is 2.66. The molecule has 1 aliphatic rings. The van der Waals surface area contributed by atoms with Gasteiger partial charge < -0.3 is 9.72 Å². The van der Waals surface area contributed by atoms with Crippen molar-refractivity contribution in [2.45, 2.75) is 38.5 Å². The number of benzene rings is 1. The molecule has 1 aromatic heterocycles. The van der Waals surface area contributed by atoms with Crippen LogP contribution in [0.2, 0.25) is 0 Å². The maximum absolute atomic E-state index is 12.4. The predicted molar refractivity (Wildman–Crippen MR) is 82.7 cm³/mol. The standard InChI is InChI=1S/C17H20N2O2/c1-21-15-11-7-6-9-13(15)16-18-14-10-5-3-2-4-8-12(14)17(20)19-16/h6-7,9,11H,2-5,8,10H2,1H3,(H,18,19,20). The lowest BCUT2D eigenvalue weighted by Crippen LogP contribution is -2.20. The molecule has 0 aliphatic heterocycles. The second-order valence-electron chi connectivity index (χ2n) is 5.45. The van der Waals surface area contributed by atoms with E-state index in [1.165, 1.54) is 12.8 Å². The van der Waals surface area contributed by atoms with Crippen molar-refractivity contribution in [3.63, 3.8) is 0 Å². The van der Waals surface area contributed by atoms with E-state index in [4.69, 9.17) is 9.72 Å². The number of hydrogen-bond donors (Lipinski definition) is 1. The number of methoxy groups -OCH3 is 1. The summed E-state index contributed by atoms with van der Waals surface area (Å²) in [6, 6.07) is 7.64. The van der Waals surface area contributed by atoms with Gasteiger partial charge >= 0.3 is 0 Å². The van der Waals surface area contributed by atoms with Crippen LogP contribution in [0.4, 0.5) is 0 Å². The molecule has 0 fully saturated rings. The second kappa shape index (κ2) is 6.12. The number of nitrogens with one attached hydrogen (secondary N) is 1. The molecule has 4 heteroatoms. The third-order valence-corrected chi connectivity index (χ3v) is 4.05. The van der Waals surface area contributed by atoms with Crippen molar-refractivity contribution in [1.82, 2.24) is 9.97 Å². The van der Waals surface area contributed by atoms with E-state index in [9.17, 15) is 4.79 Å². The molecule has 110 valence electrons. The van der Waals surface area contributed by atoms with Crippen LogP contribution in [0, 0.1) is 0 Å². The number of hydrogen-bond acceptors (Lipinski definition) is 3. The first-order valence-corrected chi connectivity index (χ1v) is 7.55. The minimum atomic E-state index is 0.00260. The Hall–Kier alpha value is -2.10. The van der Waals surface area contributed by atoms with E-state index < -0.39 is 0 Å². The Morgan fingerprint density at radius 1 is 1.10 bits per heavy atom. The van der Waals surface area contributed by atoms with Gasteiger partial charge in [0.25, 0.3) is 5.56 Å². The summed E-state index contributed by atoms with van der Waals surface area (Å²) in [7, 11) is 1.63. The Kier molecular flexibility index (Phi) is 4.04. The number of aromatic nitrogens is 2. The van der Waals surface area contributed by atoms with Gasteiger partial charge in [-0.1, -0.05) is 25.0 Å². The zero-order chi connectivity index (χ0) is 14.7. The lowest BCUT2D eigenvalue weighted by molar-refractivity contribution is 0.416. The van der Waals surface area contributed by atoms with Gasteiger partial charge in [0.05, 0.1) is 18.4 Å². The number of rotatable bonds is 2. The Labute approximate surface area is 124 Å². The molecule has 3 rings (SSSR count). The molecule has 0 spiro atoms. The summed E-state index contributed by atoms with van der Waals surface area (Å²) >= 11 is 0. The third kappa shape index (κ3) is 2.84. The van der Waals surface area contributed by atoms with Crippen LogP contribution in [0.15, 0.2) is 29.1 Å². The molecule has 4 nitrogen and oxygen atoms in total. The van der Waals surface area contributed by atoms with Crippen molar-refractivity contribution in [1.29, 1.82) is 0 Å². The summed E-state index contributed by atoms with van der Waals surface area (Å²) in [4.78, 5) is 20.0. The predicted octanol–water partition coefficient (Wildman–Crippen LogP) is 3.10. The number of H-pyrrole nitrogens is 1. The number of aryl methyl sites for hydroxylation is 1. The fourth-order valence-corrected chi connectivity index (χ4v) is 2.92. The van der Waals surface area contributed by atoms with Gasteiger partial charge in [0, 0.05) is 5.56 Å². The Bertz CT molecular complexity index is 691. The molecule has 21 heavy (non-hydrogen) atoms. The highest BCUT2D eigenvalue weighted by Crippen LogP contribution is 2.27. The molecule has 0 amide bonds. The fraction of sp³-hybridized carbons (Fsp3) is 0.412. The maximum atomic E-state index is 12.4. The molecule has 0 saturated heterocycles. The fourth-order valence-electron chi connectivity index (χ4n) is 2.92. The van der Waals surface area contributed by atoms with Crippen LogP contribution < -0.4 is 10.3 Å². The lowest BCUT2D eigenvalue weighted by Gasteiger charge is -2.14. The summed E-state index contributed by atoms with van der Waals surface area (Å²) in [5.74, 6) is 1.34. The van der Waals surface area contributed by atoms with Crippen molar-refractivity contribution in [3.8, 4) is 17.1 Å². The number of fused-ring (bicyclic) bond motifs is 1. The van der Waals surface area contributed by atoms with Crippen molar-refractivity contribution in [2.75, 3.05) is 7.11 Å². The van der Waals surface area contributed by atoms with Crippen LogP contribution in [0.25, 0.3) is 11.4 Å². The number of ether oxygens (including phenoxy) is 1. The Balaban J connectivity index is 2.10. The van der Waals surface area contributed by atoms with Crippen molar-refractivity contribution >= 4 is 0 Å². The molecule has 0 unspecified atom stereocenters. The van der Waals surface area contributed by atoms with Gasteiger partial charge in [0.1, 0.15) is 11.6 Å². The Morgan fingerprint density at radius 2 is 1.86 bits per heavy atom. The van der Waals surface area contributed by atoms with Crippen LogP contribution in [0.1, 0.15) is 36.9 Å². The topological polar surface area (TPSA) is 55.0 Å². The highest BCUT2D eigenvalue weighted by atomic mass is 16.5. The van der Waals surface area contributed by atoms with E-state index in [1.54, 1.807) is 7.11 Å². The van der Waals surface area contributed by atoms with Gasteiger partial charge in [-0.15, -0.1) is 0 Å². The van der Waals surface area contributed by atoms with E-state index in [2.05, 4.69) is 4.98 Å². The van der Waals surface area contributed by atoms with Crippen LogP contribution in [-0.2, 0) is 12.8 Å². The molecule has 0 atom stereocenters. The van der Waals surface area contributed by atoms with Gasteiger partial charge in [0.2, 0.25) is 0 Å². The average Bonchev–Trinajstić information content (AvgIpc) is 2.48. The monoisotopic (exact) mass is 284 g/mol. The second-order valence-corrected chi connectivity index (χ2v) is 5.45. The zero-order valence-corrected chi connectivity index (χ0v) is 12.3. The summed E-state index contributed by atoms with van der Waals surface area (Å²) in [6.07, 6.45) is 6.33. The highest BCUT2D eigenvalue weighted by Gasteiger charge is 2.15. The first-order valence-electron chi connectivity index (χ1n) is 7.55. The minimum absolute atomic E-state index is 0.00260. The van der Waals surface area contributed by atoms with Gasteiger partial charge in [-0.05, 0) is 37.8 Å². The molecule has 1 heterocycles. The maximum Gasteiger partial charge on any atom is 0.254 e. The van der Waals surface area contributed by atoms with Crippen molar-refractivity contribution in [2.24, 2.45) is 0 Å². The lowest BCUT2D eigenvalue weighted by atomic mass is 9.98. The first-order chi connectivity index (χ1) is 10.3. The van der Waals surface area contributed by atoms with Crippen LogP contribution in [-0.4, -0.2) is 17.1 Å². The number of para-hydroxylation sites is 1. The number of nitrogens with zero attached hydrogens (tertiary/aromatic N) is 1. The molecule has 0 radical (unpaired) electrons. The first kappa shape index (κ1) is 13.9. The SMILES string of the molecule is COc1ccccc1-c1nc2c(c(=O)[nH]1)CCCCCC2. The van der Waals surface area contributed by atoms with Crippen molar-refractivity contribution in [3.05, 3.63) is 45.9 Å². The normalized spacial score (nSPS) is 14.9. The van der Waals surface area contributed by atoms with E-state index in [-0.39, 0.29) is 5.56 Å². The molecular weight excluding hydrogens is 264 g/mol. The molecule has 2 aromatic rings. The third-order valence-electron chi connectivity index (χ3n) is 4.05. The largest absolute Gasteiger partial charge is 0.496 e. The van der Waals surface area contributed by atoms with Crippen LogP contribution in [0.5, 0.6) is 5.75 Å². The van der Waals surface area contributed by atoms with E-state index in [1.807, 2.05) is 24.3 Å². The average molecular weight is 284 g/mol. The molecule has 1 aliphatic carbocycles. The van der Waals surface area contributed by atoms with E-state index in [0.717, 1.165) is 48.3 Å². The zero-order valence-electron chi connectivity index (χ0n) is 12.3. The van der Waals surface area contributed by atoms with Crippen LogP contribution in [0.3, 0.4) is 0 Å². The molecular formula is C17H20N2O2. The Morgan fingerprint density at radius 3 is 2.67 bits per heavy atom. The van der Waals surface area contributed by atoms with Gasteiger partial charge in [-0.3, -0.25) is 4.79 Å². The highest BCUT2D eigenvalue weighted by molar-refractivity contribution is 5.64. The van der Waals surface area contributed by atoms with Gasteiger partial charge in [-0.25, -0.2) is 4.98 Å². The van der Waals surface area contributed by atoms with Gasteiger partial charge in [-0.2, -0.15) is 0 Å². The van der Waals surface area contributed by atoms with E-state index >= 15 is 0 Å². The summed E-state index contributed by atoms with van der Waals surface area (Å²) in [6.45, 7) is 0. The molecule has 1 aromatic carbocycles. The quantitative estimate of drug-likeness (QED) is 0.922.